The Hall–Kier alpha value is -2.04. The number of carbonyl (C=O) groups is 1. The Bertz CT molecular complexity index is 708. The standard InChI is InChI=1S/C16H20N2O3/c1-18-13-10-11(6-7-14(13)21-16(18)20)8-9-17-15(19)12-4-2-3-5-12/h6-7,10,12H,2-5,8-9H2,1H3,(H,17,19). The number of nitrogens with one attached hydrogen (secondary N) is 1. The maximum atomic E-state index is 11.9. The summed E-state index contributed by atoms with van der Waals surface area (Å²) in [6.45, 7) is 0.632. The largest absolute Gasteiger partial charge is 0.419 e. The number of amides is 1. The monoisotopic (exact) mass is 288 g/mol. The Morgan fingerprint density at radius 1 is 1.38 bits per heavy atom. The molecule has 1 saturated carbocycles. The van der Waals surface area contributed by atoms with Crippen LogP contribution in [-0.4, -0.2) is 17.0 Å². The van der Waals surface area contributed by atoms with Gasteiger partial charge in [-0.1, -0.05) is 18.9 Å². The number of aryl methyl sites for hydroxylation is 1. The molecule has 1 N–H and O–H groups in total. The van der Waals surface area contributed by atoms with Crippen LogP contribution in [0.3, 0.4) is 0 Å². The van der Waals surface area contributed by atoms with E-state index in [-0.39, 0.29) is 17.6 Å². The summed E-state index contributed by atoms with van der Waals surface area (Å²) in [5.74, 6) is 0.0446. The number of fused-ring (bicyclic) bond motifs is 1. The lowest BCUT2D eigenvalue weighted by atomic mass is 10.1. The van der Waals surface area contributed by atoms with E-state index in [1.54, 1.807) is 7.05 Å². The van der Waals surface area contributed by atoms with Crippen LogP contribution in [0.25, 0.3) is 11.1 Å². The van der Waals surface area contributed by atoms with Gasteiger partial charge in [-0.3, -0.25) is 9.36 Å². The molecule has 0 aliphatic heterocycles. The molecule has 0 unspecified atom stereocenters. The molecule has 0 saturated heterocycles. The van der Waals surface area contributed by atoms with E-state index >= 15 is 0 Å². The number of benzene rings is 1. The fourth-order valence-electron chi connectivity index (χ4n) is 2.99. The van der Waals surface area contributed by atoms with Crippen LogP contribution in [-0.2, 0) is 18.3 Å². The summed E-state index contributed by atoms with van der Waals surface area (Å²) in [5.41, 5.74) is 2.48. The lowest BCUT2D eigenvalue weighted by Crippen LogP contribution is -2.30. The fraction of sp³-hybridized carbons (Fsp3) is 0.500. The van der Waals surface area contributed by atoms with Crippen molar-refractivity contribution in [1.82, 2.24) is 9.88 Å². The molecule has 1 fully saturated rings. The smallest absolute Gasteiger partial charge is 0.408 e. The molecule has 21 heavy (non-hydrogen) atoms. The van der Waals surface area contributed by atoms with Crippen molar-refractivity contribution in [3.8, 4) is 0 Å². The van der Waals surface area contributed by atoms with Crippen LogP contribution >= 0.6 is 0 Å². The molecule has 3 rings (SSSR count). The van der Waals surface area contributed by atoms with Crippen LogP contribution in [0.15, 0.2) is 27.4 Å². The zero-order valence-electron chi connectivity index (χ0n) is 12.2. The van der Waals surface area contributed by atoms with Gasteiger partial charge in [0.05, 0.1) is 5.52 Å². The fourth-order valence-corrected chi connectivity index (χ4v) is 2.99. The van der Waals surface area contributed by atoms with Gasteiger partial charge in [-0.15, -0.1) is 0 Å². The van der Waals surface area contributed by atoms with Crippen LogP contribution in [0.2, 0.25) is 0 Å². The van der Waals surface area contributed by atoms with Crippen molar-refractivity contribution in [2.75, 3.05) is 6.54 Å². The average molecular weight is 288 g/mol. The topological polar surface area (TPSA) is 64.2 Å². The van der Waals surface area contributed by atoms with Gasteiger partial charge >= 0.3 is 5.76 Å². The highest BCUT2D eigenvalue weighted by Gasteiger charge is 2.21. The van der Waals surface area contributed by atoms with Crippen molar-refractivity contribution >= 4 is 17.0 Å². The van der Waals surface area contributed by atoms with Crippen LogP contribution in [0, 0.1) is 5.92 Å². The first-order valence-electron chi connectivity index (χ1n) is 7.51. The molecule has 1 aliphatic carbocycles. The third-order valence-electron chi connectivity index (χ3n) is 4.29. The summed E-state index contributed by atoms with van der Waals surface area (Å²) >= 11 is 0. The Morgan fingerprint density at radius 3 is 2.90 bits per heavy atom. The third-order valence-corrected chi connectivity index (χ3v) is 4.29. The number of nitrogens with zero attached hydrogens (tertiary/aromatic N) is 1. The van der Waals surface area contributed by atoms with Crippen LogP contribution in [0.1, 0.15) is 31.2 Å². The Balaban J connectivity index is 1.61. The molecular formula is C16H20N2O3. The van der Waals surface area contributed by atoms with Gasteiger partial charge in [-0.2, -0.15) is 0 Å². The molecule has 1 aromatic heterocycles. The Kier molecular flexibility index (Phi) is 3.82. The molecule has 0 bridgehead atoms. The van der Waals surface area contributed by atoms with Crippen LogP contribution in [0.4, 0.5) is 0 Å². The van der Waals surface area contributed by atoms with E-state index in [9.17, 15) is 9.59 Å². The van der Waals surface area contributed by atoms with Gasteiger partial charge in [0.15, 0.2) is 5.58 Å². The molecule has 2 aromatic rings. The van der Waals surface area contributed by atoms with Crippen LogP contribution < -0.4 is 11.1 Å². The number of oxazole rings is 1. The first-order valence-corrected chi connectivity index (χ1v) is 7.51. The molecular weight excluding hydrogens is 268 g/mol. The Labute approximate surface area is 122 Å². The second kappa shape index (κ2) is 5.76. The predicted octanol–water partition coefficient (Wildman–Crippen LogP) is 1.98. The van der Waals surface area contributed by atoms with E-state index in [0.29, 0.717) is 12.1 Å². The minimum Gasteiger partial charge on any atom is -0.408 e. The number of hydrogen-bond donors (Lipinski definition) is 1. The van der Waals surface area contributed by atoms with E-state index in [1.807, 2.05) is 18.2 Å². The van der Waals surface area contributed by atoms with Gasteiger partial charge in [0.2, 0.25) is 5.91 Å². The lowest BCUT2D eigenvalue weighted by molar-refractivity contribution is -0.124. The maximum Gasteiger partial charge on any atom is 0.419 e. The minimum atomic E-state index is -0.350. The van der Waals surface area contributed by atoms with E-state index in [2.05, 4.69) is 5.32 Å². The molecule has 112 valence electrons. The van der Waals surface area contributed by atoms with Crippen molar-refractivity contribution in [2.24, 2.45) is 13.0 Å². The normalized spacial score (nSPS) is 15.7. The quantitative estimate of drug-likeness (QED) is 0.935. The molecule has 5 heteroatoms. The molecule has 1 amide bonds. The second-order valence-corrected chi connectivity index (χ2v) is 5.75. The molecule has 1 aromatic carbocycles. The first-order chi connectivity index (χ1) is 10.1. The van der Waals surface area contributed by atoms with Crippen molar-refractivity contribution in [3.05, 3.63) is 34.3 Å². The van der Waals surface area contributed by atoms with Crippen molar-refractivity contribution in [1.29, 1.82) is 0 Å². The van der Waals surface area contributed by atoms with E-state index in [1.165, 1.54) is 17.4 Å². The predicted molar refractivity (Wildman–Crippen MR) is 80.1 cm³/mol. The zero-order valence-corrected chi connectivity index (χ0v) is 12.2. The highest BCUT2D eigenvalue weighted by molar-refractivity contribution is 5.79. The van der Waals surface area contributed by atoms with Gasteiger partial charge in [0.25, 0.3) is 0 Å². The molecule has 5 nitrogen and oxygen atoms in total. The molecule has 0 radical (unpaired) electrons. The highest BCUT2D eigenvalue weighted by Crippen LogP contribution is 2.24. The second-order valence-electron chi connectivity index (χ2n) is 5.75. The van der Waals surface area contributed by atoms with Gasteiger partial charge in [-0.25, -0.2) is 4.79 Å². The molecule has 0 spiro atoms. The summed E-state index contributed by atoms with van der Waals surface area (Å²) in [5, 5.41) is 3.01. The summed E-state index contributed by atoms with van der Waals surface area (Å²) in [6.07, 6.45) is 5.14. The van der Waals surface area contributed by atoms with Crippen molar-refractivity contribution in [2.45, 2.75) is 32.1 Å². The van der Waals surface area contributed by atoms with Crippen LogP contribution in [0.5, 0.6) is 0 Å². The van der Waals surface area contributed by atoms with E-state index < -0.39 is 0 Å². The number of rotatable bonds is 4. The summed E-state index contributed by atoms with van der Waals surface area (Å²) in [7, 11) is 1.69. The van der Waals surface area contributed by atoms with Gasteiger partial charge < -0.3 is 9.73 Å². The average Bonchev–Trinajstić information content (AvgIpc) is 3.09. The number of aromatic nitrogens is 1. The SMILES string of the molecule is Cn1c(=O)oc2ccc(CCNC(=O)C3CCCC3)cc21. The molecule has 1 heterocycles. The minimum absolute atomic E-state index is 0.185. The van der Waals surface area contributed by atoms with Gasteiger partial charge in [0.1, 0.15) is 0 Å². The highest BCUT2D eigenvalue weighted by atomic mass is 16.4. The maximum absolute atomic E-state index is 11.9. The zero-order chi connectivity index (χ0) is 14.8. The number of carbonyl (C=O) groups excluding carboxylic acids is 1. The van der Waals surface area contributed by atoms with Crippen molar-refractivity contribution in [3.63, 3.8) is 0 Å². The summed E-state index contributed by atoms with van der Waals surface area (Å²) in [4.78, 5) is 23.4. The lowest BCUT2D eigenvalue weighted by Gasteiger charge is -2.10. The molecule has 1 aliphatic rings. The Morgan fingerprint density at radius 2 is 2.14 bits per heavy atom. The van der Waals surface area contributed by atoms with Crippen molar-refractivity contribution < 1.29 is 9.21 Å². The first kappa shape index (κ1) is 13.9. The third kappa shape index (κ3) is 2.86. The van der Waals surface area contributed by atoms with E-state index in [4.69, 9.17) is 4.42 Å². The van der Waals surface area contributed by atoms with Gasteiger partial charge in [0, 0.05) is 19.5 Å². The number of hydrogen-bond acceptors (Lipinski definition) is 3. The summed E-state index contributed by atoms with van der Waals surface area (Å²) in [6, 6.07) is 5.69. The molecule has 0 atom stereocenters. The van der Waals surface area contributed by atoms with E-state index in [0.717, 1.165) is 30.3 Å². The van der Waals surface area contributed by atoms with Gasteiger partial charge in [-0.05, 0) is 37.0 Å². The summed E-state index contributed by atoms with van der Waals surface area (Å²) < 4.78 is 6.60.